The third kappa shape index (κ3) is 5.46. The molecule has 0 saturated carbocycles. The first-order chi connectivity index (χ1) is 10.4. The van der Waals surface area contributed by atoms with Crippen molar-refractivity contribution in [1.29, 1.82) is 0 Å². The Labute approximate surface area is 130 Å². The molecule has 0 spiro atoms. The van der Waals surface area contributed by atoms with Crippen LogP contribution in [0.1, 0.15) is 13.3 Å². The molecule has 2 rings (SSSR count). The largest absolute Gasteiger partial charge is 0.481 e. The Hall–Kier alpha value is -1.92. The van der Waals surface area contributed by atoms with Crippen LogP contribution in [0.25, 0.3) is 0 Å². The highest BCUT2D eigenvalue weighted by atomic mass is 16.4. The summed E-state index contributed by atoms with van der Waals surface area (Å²) in [4.78, 5) is 23.7. The molecule has 1 aliphatic heterocycles. The van der Waals surface area contributed by atoms with Crippen LogP contribution in [-0.2, 0) is 9.59 Å². The van der Waals surface area contributed by atoms with Crippen molar-refractivity contribution in [2.45, 2.75) is 13.3 Å². The number of allylic oxidation sites excluding steroid dienone is 2. The Morgan fingerprint density at radius 3 is 2.55 bits per heavy atom. The number of carboxylic acids is 2. The van der Waals surface area contributed by atoms with Gasteiger partial charge in [0.1, 0.15) is 0 Å². The third-order valence-electron chi connectivity index (χ3n) is 3.68. The van der Waals surface area contributed by atoms with Crippen molar-refractivity contribution in [1.82, 2.24) is 10.2 Å². The lowest BCUT2D eigenvalue weighted by Gasteiger charge is -2.25. The zero-order chi connectivity index (χ0) is 16.6. The molecule has 2 aliphatic rings. The zero-order valence-corrected chi connectivity index (χ0v) is 12.9. The van der Waals surface area contributed by atoms with Gasteiger partial charge in [0.2, 0.25) is 0 Å². The van der Waals surface area contributed by atoms with Gasteiger partial charge in [0.25, 0.3) is 0 Å². The summed E-state index contributed by atoms with van der Waals surface area (Å²) in [6.45, 7) is 10.8. The van der Waals surface area contributed by atoms with E-state index >= 15 is 0 Å². The topological polar surface area (TPSA) is 89.9 Å². The summed E-state index contributed by atoms with van der Waals surface area (Å²) in [6, 6.07) is 0. The summed E-state index contributed by atoms with van der Waals surface area (Å²) < 4.78 is 0. The number of nitrogens with zero attached hydrogens (tertiary/aromatic N) is 1. The van der Waals surface area contributed by atoms with E-state index in [4.69, 9.17) is 10.2 Å². The highest BCUT2D eigenvalue weighted by molar-refractivity contribution is 5.90. The van der Waals surface area contributed by atoms with Gasteiger partial charge in [-0.1, -0.05) is 24.3 Å². The van der Waals surface area contributed by atoms with E-state index < -0.39 is 17.4 Å². The summed E-state index contributed by atoms with van der Waals surface area (Å²) in [6.07, 6.45) is 6.40. The Bertz CT molecular complexity index is 479. The Kier molecular flexibility index (Phi) is 7.01. The molecule has 0 amide bonds. The van der Waals surface area contributed by atoms with Crippen molar-refractivity contribution >= 4 is 11.9 Å². The van der Waals surface area contributed by atoms with E-state index in [2.05, 4.69) is 16.8 Å². The summed E-state index contributed by atoms with van der Waals surface area (Å²) in [7, 11) is 0. The molecule has 1 unspecified atom stereocenters. The second-order valence-corrected chi connectivity index (χ2v) is 5.59. The number of hydrogen-bond acceptors (Lipinski definition) is 4. The minimum absolute atomic E-state index is 0.0359. The van der Waals surface area contributed by atoms with Crippen molar-refractivity contribution in [3.8, 4) is 0 Å². The van der Waals surface area contributed by atoms with E-state index in [-0.39, 0.29) is 12.0 Å². The summed E-state index contributed by atoms with van der Waals surface area (Å²) in [5.74, 6) is -2.06. The van der Waals surface area contributed by atoms with Crippen molar-refractivity contribution in [3.05, 3.63) is 36.5 Å². The van der Waals surface area contributed by atoms with Gasteiger partial charge in [0.05, 0.1) is 5.41 Å². The lowest BCUT2D eigenvalue weighted by atomic mass is 9.80. The molecule has 1 aliphatic carbocycles. The van der Waals surface area contributed by atoms with Gasteiger partial charge in [-0.15, -0.1) is 6.58 Å². The number of carboxylic acid groups (broad SMARTS) is 2. The minimum atomic E-state index is -1.08. The van der Waals surface area contributed by atoms with Crippen molar-refractivity contribution in [2.24, 2.45) is 5.41 Å². The van der Waals surface area contributed by atoms with Gasteiger partial charge in [-0.05, 0) is 13.3 Å². The van der Waals surface area contributed by atoms with Gasteiger partial charge in [0.15, 0.2) is 0 Å². The predicted molar refractivity (Wildman–Crippen MR) is 84.7 cm³/mol. The van der Waals surface area contributed by atoms with E-state index in [1.165, 1.54) is 38.2 Å². The fourth-order valence-electron chi connectivity index (χ4n) is 2.26. The van der Waals surface area contributed by atoms with Gasteiger partial charge in [0, 0.05) is 38.3 Å². The zero-order valence-electron chi connectivity index (χ0n) is 12.9. The van der Waals surface area contributed by atoms with E-state index in [1.807, 2.05) is 6.08 Å². The fraction of sp³-hybridized carbons (Fsp3) is 0.500. The first-order valence-corrected chi connectivity index (χ1v) is 7.28. The predicted octanol–water partition coefficient (Wildman–Crippen LogP) is 1.13. The van der Waals surface area contributed by atoms with Crippen LogP contribution in [0.3, 0.4) is 0 Å². The molecular weight excluding hydrogens is 284 g/mol. The first-order valence-electron chi connectivity index (χ1n) is 7.28. The number of nitrogens with one attached hydrogen (secondary N) is 1. The Balaban J connectivity index is 0.000000235. The van der Waals surface area contributed by atoms with Crippen LogP contribution in [-0.4, -0.2) is 59.8 Å². The quantitative estimate of drug-likeness (QED) is 0.675. The first kappa shape index (κ1) is 18.1. The number of piperazine rings is 1. The maximum Gasteiger partial charge on any atom is 0.331 e. The van der Waals surface area contributed by atoms with Crippen molar-refractivity contribution in [3.63, 3.8) is 0 Å². The molecular formula is C16H24N2O4. The van der Waals surface area contributed by atoms with Crippen LogP contribution in [0, 0.1) is 5.41 Å². The van der Waals surface area contributed by atoms with Gasteiger partial charge in [-0.25, -0.2) is 4.79 Å². The monoisotopic (exact) mass is 308 g/mol. The van der Waals surface area contributed by atoms with E-state index in [0.29, 0.717) is 0 Å². The van der Waals surface area contributed by atoms with E-state index in [9.17, 15) is 9.59 Å². The minimum Gasteiger partial charge on any atom is -0.481 e. The highest BCUT2D eigenvalue weighted by Gasteiger charge is 2.34. The second-order valence-electron chi connectivity index (χ2n) is 5.59. The SMILES string of the molecule is C=CCN1CCNCC1.CC1(C(=O)O)C=CC=C(C(=O)O)C1. The molecule has 1 atom stereocenters. The Morgan fingerprint density at radius 2 is 2.05 bits per heavy atom. The lowest BCUT2D eigenvalue weighted by molar-refractivity contribution is -0.145. The molecule has 0 radical (unpaired) electrons. The Morgan fingerprint density at radius 1 is 1.41 bits per heavy atom. The average molecular weight is 308 g/mol. The standard InChI is InChI=1S/C9H10O4.C7H14N2/c1-9(8(12)13)4-2-3-6(5-9)7(10)11;1-2-5-9-6-3-8-4-7-9/h2-4H,5H2,1H3,(H,10,11)(H,12,13);2,8H,1,3-7H2. The highest BCUT2D eigenvalue weighted by Crippen LogP contribution is 2.31. The summed E-state index contributed by atoms with van der Waals surface area (Å²) in [5.41, 5.74) is -0.949. The molecule has 122 valence electrons. The molecule has 0 aromatic rings. The number of carbonyl (C=O) groups is 2. The summed E-state index contributed by atoms with van der Waals surface area (Å²) >= 11 is 0. The van der Waals surface area contributed by atoms with Crippen molar-refractivity contribution < 1.29 is 19.8 Å². The van der Waals surface area contributed by atoms with Gasteiger partial charge in [-0.3, -0.25) is 9.69 Å². The van der Waals surface area contributed by atoms with E-state index in [0.717, 1.165) is 19.6 Å². The molecule has 6 heteroatoms. The van der Waals surface area contributed by atoms with Crippen LogP contribution in [0.15, 0.2) is 36.5 Å². The van der Waals surface area contributed by atoms with Crippen LogP contribution in [0.4, 0.5) is 0 Å². The van der Waals surface area contributed by atoms with Crippen LogP contribution < -0.4 is 5.32 Å². The molecule has 6 nitrogen and oxygen atoms in total. The molecule has 22 heavy (non-hydrogen) atoms. The fourth-order valence-corrected chi connectivity index (χ4v) is 2.26. The van der Waals surface area contributed by atoms with Crippen LogP contribution in [0.5, 0.6) is 0 Å². The van der Waals surface area contributed by atoms with Gasteiger partial charge in [-0.2, -0.15) is 0 Å². The number of aliphatic carboxylic acids is 2. The third-order valence-corrected chi connectivity index (χ3v) is 3.68. The van der Waals surface area contributed by atoms with Crippen molar-refractivity contribution in [2.75, 3.05) is 32.7 Å². The summed E-state index contributed by atoms with van der Waals surface area (Å²) in [5, 5.41) is 20.8. The van der Waals surface area contributed by atoms with Crippen LogP contribution >= 0.6 is 0 Å². The molecule has 0 aromatic heterocycles. The maximum absolute atomic E-state index is 10.8. The normalized spacial score (nSPS) is 24.7. The molecule has 1 saturated heterocycles. The van der Waals surface area contributed by atoms with Gasteiger partial charge >= 0.3 is 11.9 Å². The number of hydrogen-bond donors (Lipinski definition) is 3. The average Bonchev–Trinajstić information content (AvgIpc) is 2.49. The van der Waals surface area contributed by atoms with Crippen LogP contribution in [0.2, 0.25) is 0 Å². The molecule has 0 bridgehead atoms. The van der Waals surface area contributed by atoms with E-state index in [1.54, 1.807) is 0 Å². The maximum atomic E-state index is 10.8. The number of rotatable bonds is 4. The van der Waals surface area contributed by atoms with Gasteiger partial charge < -0.3 is 15.5 Å². The molecule has 0 aromatic carbocycles. The smallest absolute Gasteiger partial charge is 0.331 e. The molecule has 1 heterocycles. The molecule has 3 N–H and O–H groups in total. The molecule has 1 fully saturated rings. The second kappa shape index (κ2) is 8.51. The lowest BCUT2D eigenvalue weighted by Crippen LogP contribution is -2.43.